The van der Waals surface area contributed by atoms with E-state index in [1.54, 1.807) is 84.5 Å². The third-order valence-electron chi connectivity index (χ3n) is 12.5. The molecule has 8 rings (SSSR count). The second-order valence-electron chi connectivity index (χ2n) is 20.2. The molecule has 6 aromatic rings. The molecule has 2 aromatic carbocycles. The number of hydrogen-bond acceptors (Lipinski definition) is 17. The first-order valence-electron chi connectivity index (χ1n) is 24.7. The van der Waals surface area contributed by atoms with Crippen LogP contribution in [-0.4, -0.2) is 120 Å². The highest BCUT2D eigenvalue weighted by molar-refractivity contribution is 7.86. The molecule has 77 heavy (non-hydrogen) atoms. The number of phenolic OH excluding ortho intramolecular Hbond substituents is 1. The number of nitriles is 2. The number of nitrogens with zero attached hydrogens (tertiary/aromatic N) is 12. The number of carbonyl (C=O) groups excluding carboxylic acids is 2. The van der Waals surface area contributed by atoms with Crippen LogP contribution in [0.4, 0.5) is 32.1 Å². The summed E-state index contributed by atoms with van der Waals surface area (Å²) in [6.45, 7) is 16.5. The van der Waals surface area contributed by atoms with Crippen molar-refractivity contribution in [3.8, 4) is 46.2 Å². The van der Waals surface area contributed by atoms with Crippen molar-refractivity contribution in [2.24, 2.45) is 10.8 Å². The van der Waals surface area contributed by atoms with Crippen LogP contribution in [0.25, 0.3) is 22.5 Å². The van der Waals surface area contributed by atoms with Crippen molar-refractivity contribution >= 4 is 45.2 Å². The molecule has 2 fully saturated rings. The molecule has 0 saturated carbocycles. The molecule has 408 valence electrons. The van der Waals surface area contributed by atoms with Gasteiger partial charge in [0.15, 0.2) is 23.1 Å². The lowest BCUT2D eigenvalue weighted by atomic mass is 9.98. The van der Waals surface area contributed by atoms with Gasteiger partial charge < -0.3 is 30.3 Å². The molecule has 0 spiro atoms. The average molecular weight is 1080 g/mol. The number of likely N-dealkylation sites (tertiary alicyclic amines) is 2. The molecule has 0 atom stereocenters. The predicted molar refractivity (Wildman–Crippen MR) is 283 cm³/mol. The highest BCUT2D eigenvalue weighted by Crippen LogP contribution is 2.31. The number of amides is 2. The average Bonchev–Trinajstić information content (AvgIpc) is 4.08. The fourth-order valence-electron chi connectivity index (χ4n) is 7.94. The van der Waals surface area contributed by atoms with Crippen LogP contribution in [0.1, 0.15) is 90.4 Å². The van der Waals surface area contributed by atoms with Crippen LogP contribution < -0.4 is 15.4 Å². The minimum absolute atomic E-state index is 0.0872. The van der Waals surface area contributed by atoms with Crippen LogP contribution in [-0.2, 0) is 23.9 Å². The first kappa shape index (κ1) is 58.2. The van der Waals surface area contributed by atoms with Crippen LogP contribution in [0.2, 0.25) is 0 Å². The van der Waals surface area contributed by atoms with Crippen LogP contribution in [0.15, 0.2) is 73.6 Å². The third-order valence-corrected chi connectivity index (χ3v) is 13.0. The number of hydrogen-bond donors (Lipinski definition) is 3. The lowest BCUT2D eigenvalue weighted by Crippen LogP contribution is -2.37. The highest BCUT2D eigenvalue weighted by atomic mass is 32.2. The monoisotopic (exact) mass is 1080 g/mol. The summed E-state index contributed by atoms with van der Waals surface area (Å²) in [4.78, 5) is 44.5. The van der Waals surface area contributed by atoms with E-state index >= 15 is 0 Å². The Labute approximate surface area is 447 Å². The molecule has 0 aliphatic carbocycles. The van der Waals surface area contributed by atoms with Gasteiger partial charge in [0.05, 0.1) is 83.1 Å². The van der Waals surface area contributed by atoms with Crippen LogP contribution >= 0.6 is 0 Å². The fraction of sp³-hybridized carbons (Fsp3) is 0.434. The van der Waals surface area contributed by atoms with Gasteiger partial charge in [-0.15, -0.1) is 0 Å². The van der Waals surface area contributed by atoms with Gasteiger partial charge in [-0.25, -0.2) is 28.7 Å². The number of nitrogens with one attached hydrogen (secondary N) is 2. The maximum Gasteiger partial charge on any atom is 0.264 e. The number of piperidine rings is 2. The molecule has 4 aromatic heterocycles. The van der Waals surface area contributed by atoms with Gasteiger partial charge in [0, 0.05) is 75.9 Å². The number of aromatic hydroxyl groups is 1. The van der Waals surface area contributed by atoms with Crippen molar-refractivity contribution in [1.29, 1.82) is 10.5 Å². The van der Waals surface area contributed by atoms with E-state index in [1.807, 2.05) is 51.5 Å². The van der Waals surface area contributed by atoms with Crippen molar-refractivity contribution in [3.63, 3.8) is 0 Å². The number of rotatable bonds is 14. The van der Waals surface area contributed by atoms with Crippen molar-refractivity contribution in [1.82, 2.24) is 49.3 Å². The number of ether oxygens (including phenoxy) is 1. The van der Waals surface area contributed by atoms with Gasteiger partial charge in [-0.2, -0.15) is 29.1 Å². The van der Waals surface area contributed by atoms with E-state index in [9.17, 15) is 31.9 Å². The minimum atomic E-state index is -3.42. The highest BCUT2D eigenvalue weighted by Gasteiger charge is 2.25. The molecule has 0 unspecified atom stereocenters. The zero-order valence-electron chi connectivity index (χ0n) is 44.6. The summed E-state index contributed by atoms with van der Waals surface area (Å²) in [5.74, 6) is -0.569. The van der Waals surface area contributed by atoms with E-state index < -0.39 is 38.3 Å². The Hall–Kier alpha value is -8.09. The molecule has 6 heterocycles. The Morgan fingerprint density at radius 1 is 0.714 bits per heavy atom. The molecule has 2 amide bonds. The first-order chi connectivity index (χ1) is 36.3. The fourth-order valence-corrected chi connectivity index (χ4v) is 8.45. The molecule has 2 aliphatic rings. The maximum atomic E-state index is 14.7. The SMILES string of the molecule is CC(=O)N1CCC(n2cc(Nc3ncc(C)c(-c4ccc(O)c(F)c4)n3)cn2)CC1.CC(=O)N1CCC(n2cc(Nc3ncc(C)c(-c4ccc(OCC(C)(C)C#N)c(F)c4)n3)cn2)CC1.CC(C)(C#N)COS(C)(=O)=O. The van der Waals surface area contributed by atoms with E-state index in [4.69, 9.17) is 15.3 Å². The van der Waals surface area contributed by atoms with Crippen LogP contribution in [0.3, 0.4) is 0 Å². The number of aromatic nitrogens is 8. The summed E-state index contributed by atoms with van der Waals surface area (Å²) in [6, 6.07) is 13.4. The number of anilines is 4. The normalized spacial score (nSPS) is 14.2. The number of halogens is 2. The largest absolute Gasteiger partial charge is 0.505 e. The lowest BCUT2D eigenvalue weighted by molar-refractivity contribution is -0.130. The van der Waals surface area contributed by atoms with Gasteiger partial charge in [0.2, 0.25) is 23.7 Å². The smallest absolute Gasteiger partial charge is 0.264 e. The Bertz CT molecular complexity index is 3250. The topological polar surface area (TPSA) is 272 Å². The zero-order chi connectivity index (χ0) is 56.2. The minimum Gasteiger partial charge on any atom is -0.505 e. The van der Waals surface area contributed by atoms with Crippen LogP contribution in [0, 0.1) is 59.0 Å². The van der Waals surface area contributed by atoms with Crippen molar-refractivity contribution in [2.45, 2.75) is 93.2 Å². The summed E-state index contributed by atoms with van der Waals surface area (Å²) < 4.78 is 63.2. The molecule has 21 nitrogen and oxygen atoms in total. The summed E-state index contributed by atoms with van der Waals surface area (Å²) in [5, 5.41) is 42.2. The summed E-state index contributed by atoms with van der Waals surface area (Å²) in [5.41, 5.74) is 3.94. The number of phenols is 1. The lowest BCUT2D eigenvalue weighted by Gasteiger charge is -2.31. The molecule has 2 aliphatic heterocycles. The Morgan fingerprint density at radius 2 is 1.14 bits per heavy atom. The zero-order valence-corrected chi connectivity index (χ0v) is 45.4. The van der Waals surface area contributed by atoms with E-state index in [0.29, 0.717) is 34.4 Å². The molecular formula is C53H64F2N14O7S. The van der Waals surface area contributed by atoms with Crippen molar-refractivity contribution in [2.75, 3.05) is 56.3 Å². The number of benzene rings is 2. The molecular weight excluding hydrogens is 1010 g/mol. The van der Waals surface area contributed by atoms with Crippen LogP contribution in [0.5, 0.6) is 11.5 Å². The van der Waals surface area contributed by atoms with Crippen molar-refractivity contribution < 1.29 is 40.8 Å². The van der Waals surface area contributed by atoms with E-state index in [1.165, 1.54) is 18.2 Å². The number of carbonyl (C=O) groups is 2. The second kappa shape index (κ2) is 25.2. The Balaban J connectivity index is 0.000000211. The Kier molecular flexibility index (Phi) is 19.0. The van der Waals surface area contributed by atoms with Gasteiger partial charge in [-0.05, 0) is 115 Å². The molecule has 24 heteroatoms. The van der Waals surface area contributed by atoms with E-state index in [-0.39, 0.29) is 42.9 Å². The maximum absolute atomic E-state index is 14.7. The van der Waals surface area contributed by atoms with Gasteiger partial charge >= 0.3 is 0 Å². The predicted octanol–water partition coefficient (Wildman–Crippen LogP) is 8.58. The van der Waals surface area contributed by atoms with E-state index in [2.05, 4.69) is 51.0 Å². The third kappa shape index (κ3) is 16.7. The molecule has 0 bridgehead atoms. The van der Waals surface area contributed by atoms with Gasteiger partial charge in [-0.3, -0.25) is 23.1 Å². The summed E-state index contributed by atoms with van der Waals surface area (Å²) >= 11 is 0. The summed E-state index contributed by atoms with van der Waals surface area (Å²) in [7, 11) is -3.42. The first-order valence-corrected chi connectivity index (χ1v) is 26.5. The van der Waals surface area contributed by atoms with Crippen molar-refractivity contribution in [3.05, 3.63) is 96.3 Å². The second-order valence-corrected chi connectivity index (χ2v) is 21.8. The summed E-state index contributed by atoms with van der Waals surface area (Å²) in [6.07, 6.45) is 15.0. The number of aryl methyl sites for hydroxylation is 2. The van der Waals surface area contributed by atoms with Gasteiger partial charge in [0.25, 0.3) is 10.1 Å². The molecule has 0 radical (unpaired) electrons. The Morgan fingerprint density at radius 3 is 1.55 bits per heavy atom. The molecule has 3 N–H and O–H groups in total. The van der Waals surface area contributed by atoms with Gasteiger partial charge in [-0.1, -0.05) is 0 Å². The molecule has 2 saturated heterocycles. The van der Waals surface area contributed by atoms with Gasteiger partial charge in [0.1, 0.15) is 6.61 Å². The van der Waals surface area contributed by atoms with E-state index in [0.717, 1.165) is 80.6 Å². The standard InChI is InChI=1S/C26H30FN7O2.C21H23FN6O2.C6H11NO3S/c1-17-12-29-25(31-20-13-30-34(14-20)21-7-9-33(10-8-21)18(2)35)32-24(17)19-5-6-23(22(27)11-19)36-16-26(3,4)15-28;1-13-10-23-21(26-20(13)15-3-4-19(30)18(22)9-15)25-16-11-24-28(12-16)17-5-7-27(8-6-17)14(2)29;1-6(2,4-7)5-10-11(3,8)9/h5-6,11-14,21H,7-10,16H2,1-4H3,(H,29,31,32);3-4,9-12,17,30H,5-8H2,1-2H3,(H,23,25,26);5H2,1-3H3. The quantitative estimate of drug-likeness (QED) is 0.0861.